The zero-order chi connectivity index (χ0) is 20.1. The summed E-state index contributed by atoms with van der Waals surface area (Å²) in [4.78, 5) is 17.1. The first-order chi connectivity index (χ1) is 13.5. The molecule has 2 aromatic rings. The van der Waals surface area contributed by atoms with Gasteiger partial charge < -0.3 is 19.9 Å². The first kappa shape index (κ1) is 20.1. The van der Waals surface area contributed by atoms with Crippen molar-refractivity contribution in [2.75, 3.05) is 36.4 Å². The van der Waals surface area contributed by atoms with Gasteiger partial charge in [0.25, 0.3) is 0 Å². The molecule has 1 saturated heterocycles. The maximum Gasteiger partial charge on any atom is 0.322 e. The molecule has 0 spiro atoms. The SMILES string of the molecule is CCc1cccc(C)c1N1CCN(C(=O)Nc2ccccc2OC(C)C)CC1. The van der Waals surface area contributed by atoms with Crippen molar-refractivity contribution in [2.45, 2.75) is 40.2 Å². The predicted octanol–water partition coefficient (Wildman–Crippen LogP) is 4.70. The van der Waals surface area contributed by atoms with Crippen LogP contribution in [-0.2, 0) is 6.42 Å². The number of carbonyl (C=O) groups is 1. The Balaban J connectivity index is 1.64. The molecule has 1 N–H and O–H groups in total. The van der Waals surface area contributed by atoms with Crippen LogP contribution in [0.2, 0.25) is 0 Å². The fourth-order valence-corrected chi connectivity index (χ4v) is 3.71. The Morgan fingerprint density at radius 2 is 1.79 bits per heavy atom. The predicted molar refractivity (Wildman–Crippen MR) is 116 cm³/mol. The van der Waals surface area contributed by atoms with E-state index < -0.39 is 0 Å². The van der Waals surface area contributed by atoms with Crippen molar-refractivity contribution in [1.82, 2.24) is 4.90 Å². The maximum absolute atomic E-state index is 12.8. The van der Waals surface area contributed by atoms with Gasteiger partial charge in [0, 0.05) is 31.9 Å². The van der Waals surface area contributed by atoms with Gasteiger partial charge in [0.15, 0.2) is 0 Å². The van der Waals surface area contributed by atoms with E-state index in [1.165, 1.54) is 16.8 Å². The molecule has 2 aromatic carbocycles. The number of rotatable bonds is 5. The number of ether oxygens (including phenoxy) is 1. The molecule has 150 valence electrons. The van der Waals surface area contributed by atoms with Gasteiger partial charge in [-0.1, -0.05) is 37.3 Å². The van der Waals surface area contributed by atoms with E-state index in [0.29, 0.717) is 18.8 Å². The Labute approximate surface area is 168 Å². The lowest BCUT2D eigenvalue weighted by atomic mass is 10.0. The van der Waals surface area contributed by atoms with E-state index >= 15 is 0 Å². The number of urea groups is 1. The Bertz CT molecular complexity index is 811. The van der Waals surface area contributed by atoms with Gasteiger partial charge in [-0.05, 0) is 50.5 Å². The van der Waals surface area contributed by atoms with Gasteiger partial charge in [-0.2, -0.15) is 0 Å². The number of piperazine rings is 1. The van der Waals surface area contributed by atoms with E-state index in [4.69, 9.17) is 4.74 Å². The average Bonchev–Trinajstić information content (AvgIpc) is 2.69. The standard InChI is InChI=1S/C23H31N3O2/c1-5-19-10-8-9-18(4)22(19)25-13-15-26(16-14-25)23(27)24-20-11-6-7-12-21(20)28-17(2)3/h6-12,17H,5,13-16H2,1-4H3,(H,24,27). The zero-order valence-corrected chi connectivity index (χ0v) is 17.4. The summed E-state index contributed by atoms with van der Waals surface area (Å²) in [5, 5.41) is 3.02. The summed E-state index contributed by atoms with van der Waals surface area (Å²) < 4.78 is 5.81. The van der Waals surface area contributed by atoms with Crippen LogP contribution in [0.1, 0.15) is 31.9 Å². The highest BCUT2D eigenvalue weighted by Gasteiger charge is 2.24. The molecule has 2 amide bonds. The lowest BCUT2D eigenvalue weighted by molar-refractivity contribution is 0.207. The number of para-hydroxylation sites is 3. The van der Waals surface area contributed by atoms with E-state index in [1.54, 1.807) is 0 Å². The van der Waals surface area contributed by atoms with Gasteiger partial charge in [-0.25, -0.2) is 4.79 Å². The molecule has 1 heterocycles. The third-order valence-electron chi connectivity index (χ3n) is 5.08. The van der Waals surface area contributed by atoms with Crippen molar-refractivity contribution in [3.05, 3.63) is 53.6 Å². The lowest BCUT2D eigenvalue weighted by Gasteiger charge is -2.37. The van der Waals surface area contributed by atoms with E-state index in [9.17, 15) is 4.79 Å². The molecule has 5 nitrogen and oxygen atoms in total. The smallest absolute Gasteiger partial charge is 0.322 e. The number of benzene rings is 2. The van der Waals surface area contributed by atoms with Gasteiger partial charge >= 0.3 is 6.03 Å². The van der Waals surface area contributed by atoms with Gasteiger partial charge in [-0.15, -0.1) is 0 Å². The molecule has 3 rings (SSSR count). The van der Waals surface area contributed by atoms with Gasteiger partial charge in [0.05, 0.1) is 11.8 Å². The Morgan fingerprint density at radius 3 is 2.46 bits per heavy atom. The quantitative estimate of drug-likeness (QED) is 0.817. The minimum atomic E-state index is -0.0695. The fraction of sp³-hybridized carbons (Fsp3) is 0.435. The molecule has 0 atom stereocenters. The molecule has 0 aliphatic carbocycles. The number of nitrogens with zero attached hydrogens (tertiary/aromatic N) is 2. The highest BCUT2D eigenvalue weighted by atomic mass is 16.5. The molecular weight excluding hydrogens is 350 g/mol. The molecule has 28 heavy (non-hydrogen) atoms. The lowest BCUT2D eigenvalue weighted by Crippen LogP contribution is -2.50. The van der Waals surface area contributed by atoms with Crippen molar-refractivity contribution in [2.24, 2.45) is 0 Å². The van der Waals surface area contributed by atoms with E-state index in [1.807, 2.05) is 43.0 Å². The Kier molecular flexibility index (Phi) is 6.45. The summed E-state index contributed by atoms with van der Waals surface area (Å²) in [6.45, 7) is 11.4. The number of anilines is 2. The second-order valence-electron chi connectivity index (χ2n) is 7.50. The van der Waals surface area contributed by atoms with E-state index in [2.05, 4.69) is 42.3 Å². The van der Waals surface area contributed by atoms with Crippen LogP contribution < -0.4 is 15.0 Å². The van der Waals surface area contributed by atoms with Crippen molar-refractivity contribution < 1.29 is 9.53 Å². The van der Waals surface area contributed by atoms with E-state index in [-0.39, 0.29) is 12.1 Å². The summed E-state index contributed by atoms with van der Waals surface area (Å²) in [6, 6.07) is 14.0. The topological polar surface area (TPSA) is 44.8 Å². The Hall–Kier alpha value is -2.69. The van der Waals surface area contributed by atoms with Crippen molar-refractivity contribution in [3.63, 3.8) is 0 Å². The zero-order valence-electron chi connectivity index (χ0n) is 17.4. The molecule has 0 bridgehead atoms. The molecule has 0 radical (unpaired) electrons. The summed E-state index contributed by atoms with van der Waals surface area (Å²) in [5.74, 6) is 0.706. The summed E-state index contributed by atoms with van der Waals surface area (Å²) in [5.41, 5.74) is 4.73. The highest BCUT2D eigenvalue weighted by molar-refractivity contribution is 5.91. The van der Waals surface area contributed by atoms with Crippen molar-refractivity contribution in [1.29, 1.82) is 0 Å². The third-order valence-corrected chi connectivity index (χ3v) is 5.08. The van der Waals surface area contributed by atoms with Crippen LogP contribution in [-0.4, -0.2) is 43.2 Å². The van der Waals surface area contributed by atoms with Crippen LogP contribution in [0.3, 0.4) is 0 Å². The molecule has 1 aliphatic rings. The van der Waals surface area contributed by atoms with Crippen LogP contribution in [0.25, 0.3) is 0 Å². The highest BCUT2D eigenvalue weighted by Crippen LogP contribution is 2.28. The average molecular weight is 382 g/mol. The molecule has 0 unspecified atom stereocenters. The van der Waals surface area contributed by atoms with Crippen molar-refractivity contribution in [3.8, 4) is 5.75 Å². The second kappa shape index (κ2) is 9.00. The molecule has 1 aliphatic heterocycles. The first-order valence-electron chi connectivity index (χ1n) is 10.1. The van der Waals surface area contributed by atoms with Crippen LogP contribution >= 0.6 is 0 Å². The van der Waals surface area contributed by atoms with Crippen LogP contribution in [0.4, 0.5) is 16.2 Å². The molecule has 0 aromatic heterocycles. The van der Waals surface area contributed by atoms with Crippen LogP contribution in [0.15, 0.2) is 42.5 Å². The minimum absolute atomic E-state index is 0.0588. The number of hydrogen-bond donors (Lipinski definition) is 1. The van der Waals surface area contributed by atoms with Gasteiger partial charge in [0.2, 0.25) is 0 Å². The first-order valence-corrected chi connectivity index (χ1v) is 10.1. The number of aryl methyl sites for hydroxylation is 2. The Morgan fingerprint density at radius 1 is 1.07 bits per heavy atom. The number of carbonyl (C=O) groups excluding carboxylic acids is 1. The van der Waals surface area contributed by atoms with Crippen LogP contribution in [0.5, 0.6) is 5.75 Å². The van der Waals surface area contributed by atoms with E-state index in [0.717, 1.165) is 25.2 Å². The number of hydrogen-bond acceptors (Lipinski definition) is 3. The largest absolute Gasteiger partial charge is 0.489 e. The second-order valence-corrected chi connectivity index (χ2v) is 7.50. The van der Waals surface area contributed by atoms with Gasteiger partial charge in [-0.3, -0.25) is 0 Å². The van der Waals surface area contributed by atoms with Crippen molar-refractivity contribution >= 4 is 17.4 Å². The van der Waals surface area contributed by atoms with Crippen LogP contribution in [0, 0.1) is 6.92 Å². The number of nitrogens with one attached hydrogen (secondary N) is 1. The molecule has 5 heteroatoms. The molecule has 0 saturated carbocycles. The fourth-order valence-electron chi connectivity index (χ4n) is 3.71. The monoisotopic (exact) mass is 381 g/mol. The summed E-state index contributed by atoms with van der Waals surface area (Å²) >= 11 is 0. The third kappa shape index (κ3) is 4.58. The number of amides is 2. The summed E-state index contributed by atoms with van der Waals surface area (Å²) in [6.07, 6.45) is 1.08. The van der Waals surface area contributed by atoms with Gasteiger partial charge in [0.1, 0.15) is 5.75 Å². The maximum atomic E-state index is 12.8. The minimum Gasteiger partial charge on any atom is -0.489 e. The molecule has 1 fully saturated rings. The summed E-state index contributed by atoms with van der Waals surface area (Å²) in [7, 11) is 0. The normalized spacial score (nSPS) is 14.3. The molecular formula is C23H31N3O2.